The highest BCUT2D eigenvalue weighted by Gasteiger charge is 2.27. The van der Waals surface area contributed by atoms with Gasteiger partial charge in [-0.05, 0) is 24.3 Å². The zero-order chi connectivity index (χ0) is 19.2. The number of Topliss-reactive ketones (excluding diaryl/α,β-unsaturated/α-hetero) is 1. The summed E-state index contributed by atoms with van der Waals surface area (Å²) in [7, 11) is 0. The zero-order valence-electron chi connectivity index (χ0n) is 16.2. The molecule has 0 unspecified atom stereocenters. The van der Waals surface area contributed by atoms with E-state index in [0.717, 1.165) is 11.3 Å². The van der Waals surface area contributed by atoms with Crippen LogP contribution in [0.5, 0.6) is 0 Å². The van der Waals surface area contributed by atoms with Crippen LogP contribution in [-0.4, -0.2) is 20.7 Å². The van der Waals surface area contributed by atoms with Gasteiger partial charge < -0.3 is 10.7 Å². The Bertz CT molecular complexity index is 1010. The molecule has 0 amide bonds. The van der Waals surface area contributed by atoms with Crippen molar-refractivity contribution in [1.29, 1.82) is 0 Å². The molecule has 0 spiro atoms. The SMILES string of the molecule is CC(C)(C)C(=O)c1c[nH]c2ncc(-c3cccc(C4CCCC4)c3N)nc12. The molecule has 0 aliphatic heterocycles. The van der Waals surface area contributed by atoms with Crippen LogP contribution < -0.4 is 5.73 Å². The lowest BCUT2D eigenvalue weighted by atomic mass is 9.87. The lowest BCUT2D eigenvalue weighted by Crippen LogP contribution is -2.20. The molecule has 3 aromatic rings. The van der Waals surface area contributed by atoms with Crippen LogP contribution in [-0.2, 0) is 0 Å². The van der Waals surface area contributed by atoms with Crippen molar-refractivity contribution < 1.29 is 4.79 Å². The summed E-state index contributed by atoms with van der Waals surface area (Å²) >= 11 is 0. The van der Waals surface area contributed by atoms with Gasteiger partial charge in [0, 0.05) is 22.9 Å². The minimum atomic E-state index is -0.478. The Hall–Kier alpha value is -2.69. The molecule has 3 N–H and O–H groups in total. The second-order valence-corrected chi connectivity index (χ2v) is 8.52. The summed E-state index contributed by atoms with van der Waals surface area (Å²) in [6.07, 6.45) is 8.36. The lowest BCUT2D eigenvalue weighted by Gasteiger charge is -2.16. The standard InChI is InChI=1S/C22H26N4O/c1-22(2,3)20(27)16-11-24-21-19(16)26-17(12-25-21)15-10-6-9-14(18(15)23)13-7-4-5-8-13/h6,9-13H,4-5,7-8,23H2,1-3H3,(H,24,25). The van der Waals surface area contributed by atoms with Gasteiger partial charge >= 0.3 is 0 Å². The van der Waals surface area contributed by atoms with Crippen LogP contribution in [0.2, 0.25) is 0 Å². The fourth-order valence-electron chi connectivity index (χ4n) is 4.00. The largest absolute Gasteiger partial charge is 0.398 e. The predicted molar refractivity (Wildman–Crippen MR) is 109 cm³/mol. The molecule has 4 rings (SSSR count). The van der Waals surface area contributed by atoms with Crippen molar-refractivity contribution >= 4 is 22.6 Å². The van der Waals surface area contributed by atoms with Crippen LogP contribution in [0.4, 0.5) is 5.69 Å². The van der Waals surface area contributed by atoms with Crippen molar-refractivity contribution in [2.24, 2.45) is 5.41 Å². The van der Waals surface area contributed by atoms with E-state index < -0.39 is 5.41 Å². The molecule has 1 fully saturated rings. The van der Waals surface area contributed by atoms with Crippen LogP contribution in [0.25, 0.3) is 22.4 Å². The highest BCUT2D eigenvalue weighted by atomic mass is 16.1. The molecule has 2 heterocycles. The molecular weight excluding hydrogens is 336 g/mol. The third-order valence-electron chi connectivity index (χ3n) is 5.52. The zero-order valence-corrected chi connectivity index (χ0v) is 16.2. The van der Waals surface area contributed by atoms with Gasteiger partial charge in [-0.25, -0.2) is 9.97 Å². The Morgan fingerprint density at radius 2 is 1.96 bits per heavy atom. The Labute approximate surface area is 159 Å². The number of nitrogens with zero attached hydrogens (tertiary/aromatic N) is 2. The molecular formula is C22H26N4O. The molecule has 5 heteroatoms. The number of para-hydroxylation sites is 1. The Morgan fingerprint density at radius 1 is 1.22 bits per heavy atom. The van der Waals surface area contributed by atoms with E-state index in [9.17, 15) is 4.79 Å². The maximum atomic E-state index is 12.8. The summed E-state index contributed by atoms with van der Waals surface area (Å²) in [5.41, 5.74) is 11.5. The number of hydrogen-bond donors (Lipinski definition) is 2. The average Bonchev–Trinajstić information content (AvgIpc) is 3.30. The highest BCUT2D eigenvalue weighted by molar-refractivity contribution is 6.08. The molecule has 0 bridgehead atoms. The maximum Gasteiger partial charge on any atom is 0.171 e. The second-order valence-electron chi connectivity index (χ2n) is 8.52. The van der Waals surface area contributed by atoms with Gasteiger partial charge in [0.15, 0.2) is 11.4 Å². The first-order valence-electron chi connectivity index (χ1n) is 9.64. The molecule has 1 aliphatic rings. The molecule has 0 saturated heterocycles. The average molecular weight is 362 g/mol. The van der Waals surface area contributed by atoms with Gasteiger partial charge in [-0.2, -0.15) is 0 Å². The molecule has 5 nitrogen and oxygen atoms in total. The number of nitrogens with one attached hydrogen (secondary N) is 1. The predicted octanol–water partition coefficient (Wildman–Crippen LogP) is 5.09. The fraction of sp³-hybridized carbons (Fsp3) is 0.409. The quantitative estimate of drug-likeness (QED) is 0.502. The van der Waals surface area contributed by atoms with Gasteiger partial charge in [-0.3, -0.25) is 4.79 Å². The van der Waals surface area contributed by atoms with Gasteiger partial charge in [0.25, 0.3) is 0 Å². The number of ketones is 1. The van der Waals surface area contributed by atoms with Crippen molar-refractivity contribution in [3.8, 4) is 11.3 Å². The van der Waals surface area contributed by atoms with Crippen LogP contribution >= 0.6 is 0 Å². The van der Waals surface area contributed by atoms with Crippen molar-refractivity contribution in [3.05, 3.63) is 41.7 Å². The summed E-state index contributed by atoms with van der Waals surface area (Å²) < 4.78 is 0. The van der Waals surface area contributed by atoms with Gasteiger partial charge in [0.1, 0.15) is 5.52 Å². The van der Waals surface area contributed by atoms with Crippen molar-refractivity contribution in [1.82, 2.24) is 15.0 Å². The van der Waals surface area contributed by atoms with Gasteiger partial charge in [-0.1, -0.05) is 51.8 Å². The molecule has 140 valence electrons. The molecule has 0 atom stereocenters. The summed E-state index contributed by atoms with van der Waals surface area (Å²) in [5, 5.41) is 0. The van der Waals surface area contributed by atoms with Crippen molar-refractivity contribution in [2.75, 3.05) is 5.73 Å². The number of H-pyrrole nitrogens is 1. The number of benzene rings is 1. The van der Waals surface area contributed by atoms with E-state index in [1.165, 1.54) is 31.2 Å². The number of aromatic nitrogens is 3. The van der Waals surface area contributed by atoms with Crippen LogP contribution in [0, 0.1) is 5.41 Å². The van der Waals surface area contributed by atoms with E-state index in [1.54, 1.807) is 12.4 Å². The number of hydrogen-bond acceptors (Lipinski definition) is 4. The number of fused-ring (bicyclic) bond motifs is 1. The Kier molecular flexibility index (Phi) is 4.25. The van der Waals surface area contributed by atoms with E-state index in [4.69, 9.17) is 10.7 Å². The first kappa shape index (κ1) is 17.7. The monoisotopic (exact) mass is 362 g/mol. The van der Waals surface area contributed by atoms with E-state index in [0.29, 0.717) is 28.3 Å². The molecule has 1 aliphatic carbocycles. The number of aromatic amines is 1. The molecule has 1 aromatic carbocycles. The number of nitrogen functional groups attached to an aromatic ring is 1. The highest BCUT2D eigenvalue weighted by Crippen LogP contribution is 2.40. The van der Waals surface area contributed by atoms with Crippen LogP contribution in [0.1, 0.15) is 68.3 Å². The van der Waals surface area contributed by atoms with Gasteiger partial charge in [0.05, 0.1) is 17.5 Å². The number of carbonyl (C=O) groups is 1. The first-order chi connectivity index (χ1) is 12.9. The molecule has 1 saturated carbocycles. The summed E-state index contributed by atoms with van der Waals surface area (Å²) in [6, 6.07) is 6.16. The summed E-state index contributed by atoms with van der Waals surface area (Å²) in [5.74, 6) is 0.583. The minimum absolute atomic E-state index is 0.0490. The second kappa shape index (κ2) is 6.48. The van der Waals surface area contributed by atoms with Crippen LogP contribution in [0.15, 0.2) is 30.6 Å². The number of rotatable bonds is 3. The number of nitrogens with two attached hydrogens (primary N) is 1. The fourth-order valence-corrected chi connectivity index (χ4v) is 4.00. The number of carbonyl (C=O) groups excluding carboxylic acids is 1. The topological polar surface area (TPSA) is 84.7 Å². The van der Waals surface area contributed by atoms with Crippen molar-refractivity contribution in [2.45, 2.75) is 52.4 Å². The molecule has 27 heavy (non-hydrogen) atoms. The number of anilines is 1. The van der Waals surface area contributed by atoms with E-state index in [1.807, 2.05) is 32.9 Å². The first-order valence-corrected chi connectivity index (χ1v) is 9.64. The van der Waals surface area contributed by atoms with E-state index in [-0.39, 0.29) is 5.78 Å². The maximum absolute atomic E-state index is 12.8. The molecule has 0 radical (unpaired) electrons. The Morgan fingerprint density at radius 3 is 2.67 bits per heavy atom. The van der Waals surface area contributed by atoms with Gasteiger partial charge in [-0.15, -0.1) is 0 Å². The van der Waals surface area contributed by atoms with Crippen LogP contribution in [0.3, 0.4) is 0 Å². The smallest absolute Gasteiger partial charge is 0.171 e. The normalized spacial score (nSPS) is 15.5. The van der Waals surface area contributed by atoms with Gasteiger partial charge in [0.2, 0.25) is 0 Å². The summed E-state index contributed by atoms with van der Waals surface area (Å²) in [4.78, 5) is 25.1. The third kappa shape index (κ3) is 3.11. The molecule has 2 aromatic heterocycles. The van der Waals surface area contributed by atoms with E-state index in [2.05, 4.69) is 16.0 Å². The van der Waals surface area contributed by atoms with E-state index >= 15 is 0 Å². The lowest BCUT2D eigenvalue weighted by molar-refractivity contribution is 0.0860. The minimum Gasteiger partial charge on any atom is -0.398 e. The third-order valence-corrected chi connectivity index (χ3v) is 5.52. The van der Waals surface area contributed by atoms with Crippen molar-refractivity contribution in [3.63, 3.8) is 0 Å². The Balaban J connectivity index is 1.81. The summed E-state index contributed by atoms with van der Waals surface area (Å²) in [6.45, 7) is 5.73.